The van der Waals surface area contributed by atoms with Gasteiger partial charge in [0.05, 0.1) is 0 Å². The molecule has 2 aromatic carbocycles. The van der Waals surface area contributed by atoms with E-state index in [2.05, 4.69) is 65.5 Å². The van der Waals surface area contributed by atoms with Gasteiger partial charge < -0.3 is 0 Å². The second-order valence-electron chi connectivity index (χ2n) is 4.31. The van der Waals surface area contributed by atoms with Crippen molar-refractivity contribution in [3.05, 3.63) is 66.2 Å². The van der Waals surface area contributed by atoms with Gasteiger partial charge in [0.15, 0.2) is 0 Å². The molecule has 0 saturated carbocycles. The Balaban J connectivity index is 1.97. The van der Waals surface area contributed by atoms with E-state index in [1.807, 2.05) is 6.07 Å². The third kappa shape index (κ3) is 2.31. The van der Waals surface area contributed by atoms with Crippen molar-refractivity contribution in [1.29, 1.82) is 0 Å². The van der Waals surface area contributed by atoms with Gasteiger partial charge in [-0.1, -0.05) is 0 Å². The minimum absolute atomic E-state index is 0.210. The van der Waals surface area contributed by atoms with E-state index < -0.39 is 0 Å². The number of rotatable bonds is 2. The second-order valence-corrected chi connectivity index (χ2v) is 6.00. The Morgan fingerprint density at radius 2 is 1.56 bits per heavy atom. The van der Waals surface area contributed by atoms with Gasteiger partial charge in [-0.3, -0.25) is 0 Å². The molecule has 1 heterocycles. The standard InChI is InChI=1S/C16H13NSe/c1-12-7-9-13(10-8-12)15-11-16(18-17-15)14-5-3-2-4-6-14/h2-11H,1H3. The molecule has 18 heavy (non-hydrogen) atoms. The molecule has 3 rings (SSSR count). The van der Waals surface area contributed by atoms with Crippen LogP contribution in [0, 0.1) is 6.92 Å². The number of nitrogens with zero attached hydrogens (tertiary/aromatic N) is 1. The van der Waals surface area contributed by atoms with Gasteiger partial charge in [-0.25, -0.2) is 0 Å². The molecule has 0 radical (unpaired) electrons. The van der Waals surface area contributed by atoms with Crippen molar-refractivity contribution in [3.63, 3.8) is 0 Å². The van der Waals surface area contributed by atoms with Crippen LogP contribution in [0.1, 0.15) is 5.56 Å². The molecule has 0 fully saturated rings. The SMILES string of the molecule is Cc1ccc(-c2cc(-c3ccccc3)[se]n2)cc1. The van der Waals surface area contributed by atoms with Crippen LogP contribution >= 0.6 is 0 Å². The molecule has 0 spiro atoms. The van der Waals surface area contributed by atoms with Gasteiger partial charge >= 0.3 is 113 Å². The van der Waals surface area contributed by atoms with E-state index in [4.69, 9.17) is 0 Å². The fraction of sp³-hybridized carbons (Fsp3) is 0.0625. The van der Waals surface area contributed by atoms with Crippen molar-refractivity contribution in [3.8, 4) is 21.3 Å². The summed E-state index contributed by atoms with van der Waals surface area (Å²) in [6, 6.07) is 21.3. The molecule has 1 nitrogen and oxygen atoms in total. The zero-order valence-corrected chi connectivity index (χ0v) is 11.8. The third-order valence-electron chi connectivity index (χ3n) is 2.92. The minimum atomic E-state index is 0.210. The number of aromatic nitrogens is 1. The molecule has 0 N–H and O–H groups in total. The van der Waals surface area contributed by atoms with Crippen molar-refractivity contribution in [1.82, 2.24) is 3.98 Å². The van der Waals surface area contributed by atoms with E-state index >= 15 is 0 Å². The summed E-state index contributed by atoms with van der Waals surface area (Å²) in [5.41, 5.74) is 4.92. The molecule has 0 atom stereocenters. The van der Waals surface area contributed by atoms with Crippen LogP contribution in [-0.4, -0.2) is 18.7 Å². The van der Waals surface area contributed by atoms with Gasteiger partial charge in [0, 0.05) is 0 Å². The van der Waals surface area contributed by atoms with E-state index in [9.17, 15) is 0 Å². The van der Waals surface area contributed by atoms with Gasteiger partial charge in [0.2, 0.25) is 0 Å². The van der Waals surface area contributed by atoms with Crippen LogP contribution in [0.3, 0.4) is 0 Å². The number of aryl methyl sites for hydroxylation is 1. The van der Waals surface area contributed by atoms with E-state index in [0.29, 0.717) is 0 Å². The first-order valence-electron chi connectivity index (χ1n) is 5.92. The third-order valence-corrected chi connectivity index (χ3v) is 4.67. The Bertz CT molecular complexity index is 638. The summed E-state index contributed by atoms with van der Waals surface area (Å²) in [4.78, 5) is 0. The molecule has 88 valence electrons. The van der Waals surface area contributed by atoms with Crippen LogP contribution in [0.15, 0.2) is 60.7 Å². The van der Waals surface area contributed by atoms with E-state index in [1.165, 1.54) is 21.1 Å². The first-order valence-corrected chi connectivity index (χ1v) is 7.54. The molecule has 2 heteroatoms. The van der Waals surface area contributed by atoms with Gasteiger partial charge in [0.25, 0.3) is 0 Å². The molecular formula is C16H13NSe. The monoisotopic (exact) mass is 299 g/mol. The molecule has 0 aliphatic carbocycles. The maximum atomic E-state index is 4.68. The van der Waals surface area contributed by atoms with Crippen molar-refractivity contribution >= 4 is 14.7 Å². The fourth-order valence-electron chi connectivity index (χ4n) is 1.87. The Morgan fingerprint density at radius 1 is 0.833 bits per heavy atom. The summed E-state index contributed by atoms with van der Waals surface area (Å²) in [5.74, 6) is 0. The summed E-state index contributed by atoms with van der Waals surface area (Å²) >= 11 is 0.210. The van der Waals surface area contributed by atoms with Crippen LogP contribution in [0.2, 0.25) is 0 Å². The Kier molecular flexibility index (Phi) is 3.14. The predicted octanol–water partition coefficient (Wildman–Crippen LogP) is 3.78. The Morgan fingerprint density at radius 3 is 2.28 bits per heavy atom. The molecule has 1 aromatic heterocycles. The van der Waals surface area contributed by atoms with Crippen LogP contribution in [0.5, 0.6) is 0 Å². The molecule has 3 aromatic rings. The van der Waals surface area contributed by atoms with E-state index in [1.54, 1.807) is 0 Å². The maximum absolute atomic E-state index is 4.68. The Labute approximate surface area is 113 Å². The topological polar surface area (TPSA) is 12.9 Å². The van der Waals surface area contributed by atoms with Crippen molar-refractivity contribution in [2.24, 2.45) is 0 Å². The molecular weight excluding hydrogens is 285 g/mol. The summed E-state index contributed by atoms with van der Waals surface area (Å²) in [7, 11) is 0. The first-order chi connectivity index (χ1) is 8.83. The zero-order valence-electron chi connectivity index (χ0n) is 10.1. The first kappa shape index (κ1) is 11.5. The summed E-state index contributed by atoms with van der Waals surface area (Å²) in [6.45, 7) is 2.11. The molecule has 0 aliphatic heterocycles. The van der Waals surface area contributed by atoms with Gasteiger partial charge in [-0.05, 0) is 0 Å². The number of hydrogen-bond acceptors (Lipinski definition) is 1. The van der Waals surface area contributed by atoms with Gasteiger partial charge in [0.1, 0.15) is 0 Å². The average molecular weight is 298 g/mol. The Hall–Kier alpha value is -1.63. The summed E-state index contributed by atoms with van der Waals surface area (Å²) in [6.07, 6.45) is 0. The second kappa shape index (κ2) is 4.93. The van der Waals surface area contributed by atoms with Crippen molar-refractivity contribution in [2.45, 2.75) is 6.92 Å². The van der Waals surface area contributed by atoms with Crippen LogP contribution in [0.25, 0.3) is 21.3 Å². The molecule has 0 amide bonds. The zero-order chi connectivity index (χ0) is 12.4. The molecule has 0 bridgehead atoms. The summed E-state index contributed by atoms with van der Waals surface area (Å²) in [5, 5.41) is 0. The van der Waals surface area contributed by atoms with E-state index in [-0.39, 0.29) is 14.7 Å². The summed E-state index contributed by atoms with van der Waals surface area (Å²) < 4.78 is 6.04. The number of benzene rings is 2. The van der Waals surface area contributed by atoms with Crippen LogP contribution < -0.4 is 0 Å². The van der Waals surface area contributed by atoms with Gasteiger partial charge in [-0.2, -0.15) is 0 Å². The fourth-order valence-corrected chi connectivity index (χ4v) is 3.47. The van der Waals surface area contributed by atoms with Gasteiger partial charge in [-0.15, -0.1) is 0 Å². The van der Waals surface area contributed by atoms with Crippen LogP contribution in [-0.2, 0) is 0 Å². The average Bonchev–Trinajstić information content (AvgIpc) is 2.90. The number of hydrogen-bond donors (Lipinski definition) is 0. The molecule has 0 saturated heterocycles. The van der Waals surface area contributed by atoms with Crippen molar-refractivity contribution < 1.29 is 0 Å². The molecule has 0 unspecified atom stereocenters. The predicted molar refractivity (Wildman–Crippen MR) is 76.8 cm³/mol. The quantitative estimate of drug-likeness (QED) is 0.656. The normalized spacial score (nSPS) is 10.5. The van der Waals surface area contributed by atoms with Crippen LogP contribution in [0.4, 0.5) is 0 Å². The van der Waals surface area contributed by atoms with Crippen molar-refractivity contribution in [2.75, 3.05) is 0 Å². The molecule has 0 aliphatic rings. The van der Waals surface area contributed by atoms with E-state index in [0.717, 1.165) is 5.69 Å².